The van der Waals surface area contributed by atoms with E-state index in [1.807, 2.05) is 31.2 Å². The molecule has 1 fully saturated rings. The fourth-order valence-electron chi connectivity index (χ4n) is 3.43. The van der Waals surface area contributed by atoms with Crippen molar-refractivity contribution in [3.05, 3.63) is 42.5 Å². The van der Waals surface area contributed by atoms with Crippen molar-refractivity contribution in [1.82, 2.24) is 19.5 Å². The Labute approximate surface area is 166 Å². The smallest absolute Gasteiger partial charge is 0.167 e. The second-order valence-corrected chi connectivity index (χ2v) is 6.91. The zero-order valence-corrected chi connectivity index (χ0v) is 16.0. The maximum atomic E-state index is 10.3. The van der Waals surface area contributed by atoms with Gasteiger partial charge in [-0.25, -0.2) is 15.0 Å². The van der Waals surface area contributed by atoms with Gasteiger partial charge in [0.25, 0.3) is 0 Å². The number of nitrogens with zero attached hydrogens (tertiary/aromatic N) is 4. The molecule has 1 aliphatic rings. The predicted octanol–water partition coefficient (Wildman–Crippen LogP) is 0.619. The van der Waals surface area contributed by atoms with Gasteiger partial charge in [0.15, 0.2) is 23.2 Å². The Kier molecular flexibility index (Phi) is 5.33. The molecule has 5 atom stereocenters. The van der Waals surface area contributed by atoms with Crippen LogP contribution in [0.4, 0.5) is 5.82 Å². The quantitative estimate of drug-likeness (QED) is 0.469. The van der Waals surface area contributed by atoms with Crippen LogP contribution in [-0.2, 0) is 4.74 Å². The molecular formula is C19H23N5O5. The molecule has 2 unspecified atom stereocenters. The predicted molar refractivity (Wildman–Crippen MR) is 103 cm³/mol. The first-order valence-electron chi connectivity index (χ1n) is 9.24. The number of rotatable bonds is 6. The molecule has 0 bridgehead atoms. The minimum atomic E-state index is -1.21. The Bertz CT molecular complexity index is 979. The zero-order valence-electron chi connectivity index (χ0n) is 16.0. The van der Waals surface area contributed by atoms with Crippen LogP contribution in [0.15, 0.2) is 36.9 Å². The number of aliphatic hydroxyl groups excluding tert-OH is 3. The molecule has 3 aromatic rings. The summed E-state index contributed by atoms with van der Waals surface area (Å²) < 4.78 is 12.3. The fourth-order valence-corrected chi connectivity index (χ4v) is 3.43. The third-order valence-electron chi connectivity index (χ3n) is 5.12. The first-order valence-corrected chi connectivity index (χ1v) is 9.24. The Morgan fingerprint density at radius 1 is 1.17 bits per heavy atom. The van der Waals surface area contributed by atoms with Crippen molar-refractivity contribution in [3.8, 4) is 5.75 Å². The molecule has 0 aliphatic carbocycles. The fraction of sp³-hybridized carbons (Fsp3) is 0.421. The number of fused-ring (bicyclic) bond motifs is 1. The van der Waals surface area contributed by atoms with Crippen LogP contribution in [-0.4, -0.2) is 66.9 Å². The standard InChI is InChI=1S/C19H23N5O5/c1-10(11-3-5-12(28-2)6-4-11)23-17-14-18(21-8-20-17)24(9-22-14)19-16(27)15(26)13(7-25)29-19/h3-6,8-10,13,15-16,19,25-27H,7H2,1-2H3,(H,20,21,23)/t10-,13-,15?,16?,19-/m1/s1. The van der Waals surface area contributed by atoms with E-state index in [-0.39, 0.29) is 6.04 Å². The van der Waals surface area contributed by atoms with Crippen LogP contribution in [0, 0.1) is 0 Å². The summed E-state index contributed by atoms with van der Waals surface area (Å²) in [6, 6.07) is 7.65. The van der Waals surface area contributed by atoms with Crippen molar-refractivity contribution in [2.45, 2.75) is 37.5 Å². The maximum Gasteiger partial charge on any atom is 0.167 e. The molecule has 4 rings (SSSR count). The molecule has 29 heavy (non-hydrogen) atoms. The van der Waals surface area contributed by atoms with E-state index in [1.54, 1.807) is 7.11 Å². The van der Waals surface area contributed by atoms with Gasteiger partial charge in [0.05, 0.1) is 26.1 Å². The number of aromatic nitrogens is 4. The van der Waals surface area contributed by atoms with Gasteiger partial charge in [0.1, 0.15) is 30.4 Å². The van der Waals surface area contributed by atoms with Crippen molar-refractivity contribution in [2.24, 2.45) is 0 Å². The highest BCUT2D eigenvalue weighted by Crippen LogP contribution is 2.32. The molecular weight excluding hydrogens is 378 g/mol. The van der Waals surface area contributed by atoms with E-state index in [1.165, 1.54) is 17.2 Å². The van der Waals surface area contributed by atoms with Crippen LogP contribution >= 0.6 is 0 Å². The molecule has 0 amide bonds. The molecule has 4 N–H and O–H groups in total. The summed E-state index contributed by atoms with van der Waals surface area (Å²) in [5.74, 6) is 1.31. The van der Waals surface area contributed by atoms with Crippen LogP contribution in [0.25, 0.3) is 11.2 Å². The maximum absolute atomic E-state index is 10.3. The highest BCUT2D eigenvalue weighted by atomic mass is 16.6. The van der Waals surface area contributed by atoms with Crippen molar-refractivity contribution in [2.75, 3.05) is 19.0 Å². The largest absolute Gasteiger partial charge is 0.497 e. The van der Waals surface area contributed by atoms with Gasteiger partial charge in [-0.3, -0.25) is 4.57 Å². The molecule has 3 heterocycles. The lowest BCUT2D eigenvalue weighted by molar-refractivity contribution is -0.0511. The number of hydrogen-bond acceptors (Lipinski definition) is 9. The van der Waals surface area contributed by atoms with E-state index >= 15 is 0 Å². The normalized spacial score (nSPS) is 25.3. The summed E-state index contributed by atoms with van der Waals surface area (Å²) >= 11 is 0. The van der Waals surface area contributed by atoms with Crippen molar-refractivity contribution in [3.63, 3.8) is 0 Å². The first-order chi connectivity index (χ1) is 14.0. The van der Waals surface area contributed by atoms with Gasteiger partial charge >= 0.3 is 0 Å². The Hall–Kier alpha value is -2.79. The van der Waals surface area contributed by atoms with Crippen molar-refractivity contribution in [1.29, 1.82) is 0 Å². The van der Waals surface area contributed by atoms with Crippen LogP contribution in [0.3, 0.4) is 0 Å². The Morgan fingerprint density at radius 2 is 1.93 bits per heavy atom. The molecule has 0 radical (unpaired) electrons. The summed E-state index contributed by atoms with van der Waals surface area (Å²) in [5.41, 5.74) is 1.99. The van der Waals surface area contributed by atoms with Crippen LogP contribution in [0.5, 0.6) is 5.75 Å². The zero-order chi connectivity index (χ0) is 20.5. The number of hydrogen-bond donors (Lipinski definition) is 4. The lowest BCUT2D eigenvalue weighted by Gasteiger charge is -2.17. The summed E-state index contributed by atoms with van der Waals surface area (Å²) in [7, 11) is 1.62. The van der Waals surface area contributed by atoms with Crippen molar-refractivity contribution < 1.29 is 24.8 Å². The summed E-state index contributed by atoms with van der Waals surface area (Å²) in [4.78, 5) is 12.9. The highest BCUT2D eigenvalue weighted by molar-refractivity contribution is 5.82. The number of anilines is 1. The van der Waals surface area contributed by atoms with E-state index in [4.69, 9.17) is 9.47 Å². The minimum absolute atomic E-state index is 0.0573. The molecule has 1 aromatic carbocycles. The number of aliphatic hydroxyl groups is 3. The second-order valence-electron chi connectivity index (χ2n) is 6.91. The second kappa shape index (κ2) is 7.91. The van der Waals surface area contributed by atoms with E-state index < -0.39 is 31.1 Å². The molecule has 1 saturated heterocycles. The molecule has 2 aromatic heterocycles. The average molecular weight is 401 g/mol. The molecule has 10 heteroatoms. The third kappa shape index (κ3) is 3.51. The van der Waals surface area contributed by atoms with Gasteiger partial charge in [-0.05, 0) is 24.6 Å². The van der Waals surface area contributed by atoms with Crippen LogP contribution in [0.2, 0.25) is 0 Å². The molecule has 10 nitrogen and oxygen atoms in total. The Morgan fingerprint density at radius 3 is 2.59 bits per heavy atom. The van der Waals surface area contributed by atoms with Gasteiger partial charge in [0.2, 0.25) is 0 Å². The van der Waals surface area contributed by atoms with Gasteiger partial charge < -0.3 is 30.1 Å². The number of benzene rings is 1. The molecule has 0 saturated carbocycles. The van der Waals surface area contributed by atoms with E-state index in [2.05, 4.69) is 20.3 Å². The van der Waals surface area contributed by atoms with Gasteiger partial charge in [-0.2, -0.15) is 0 Å². The van der Waals surface area contributed by atoms with Gasteiger partial charge in [-0.15, -0.1) is 0 Å². The van der Waals surface area contributed by atoms with Gasteiger partial charge in [-0.1, -0.05) is 12.1 Å². The molecule has 1 aliphatic heterocycles. The summed E-state index contributed by atoms with van der Waals surface area (Å²) in [5, 5.41) is 32.9. The molecule has 154 valence electrons. The first kappa shape index (κ1) is 19.5. The average Bonchev–Trinajstić information content (AvgIpc) is 3.30. The SMILES string of the molecule is COc1ccc([C@@H](C)Nc2ncnc3c2ncn3[C@@H]2O[C@H](CO)C(O)C2O)cc1. The third-order valence-corrected chi connectivity index (χ3v) is 5.12. The topological polar surface area (TPSA) is 135 Å². The van der Waals surface area contributed by atoms with E-state index in [9.17, 15) is 15.3 Å². The lowest BCUT2D eigenvalue weighted by Crippen LogP contribution is -2.33. The summed E-state index contributed by atoms with van der Waals surface area (Å²) in [6.45, 7) is 1.60. The number of imidazole rings is 1. The number of ether oxygens (including phenoxy) is 2. The number of methoxy groups -OCH3 is 1. The minimum Gasteiger partial charge on any atom is -0.497 e. The van der Waals surface area contributed by atoms with Crippen molar-refractivity contribution >= 4 is 17.0 Å². The highest BCUT2D eigenvalue weighted by Gasteiger charge is 2.44. The van der Waals surface area contributed by atoms with E-state index in [0.717, 1.165) is 11.3 Å². The van der Waals surface area contributed by atoms with Crippen LogP contribution < -0.4 is 10.1 Å². The monoisotopic (exact) mass is 401 g/mol. The van der Waals surface area contributed by atoms with Crippen LogP contribution in [0.1, 0.15) is 24.8 Å². The van der Waals surface area contributed by atoms with E-state index in [0.29, 0.717) is 17.0 Å². The van der Waals surface area contributed by atoms with Gasteiger partial charge in [0, 0.05) is 0 Å². The number of nitrogens with one attached hydrogen (secondary N) is 1. The summed E-state index contributed by atoms with van der Waals surface area (Å²) in [6.07, 6.45) is -1.32. The molecule has 0 spiro atoms. The lowest BCUT2D eigenvalue weighted by atomic mass is 10.1. The Balaban J connectivity index is 1.60.